The second-order valence-corrected chi connectivity index (χ2v) is 11.0. The summed E-state index contributed by atoms with van der Waals surface area (Å²) in [7, 11) is 2.10. The van der Waals surface area contributed by atoms with Crippen LogP contribution in [0.3, 0.4) is 0 Å². The molecular weight excluding hydrogens is 520 g/mol. The molecule has 0 bridgehead atoms. The summed E-state index contributed by atoms with van der Waals surface area (Å²) in [5.41, 5.74) is 11.5. The average Bonchev–Trinajstić information content (AvgIpc) is 3.02. The van der Waals surface area contributed by atoms with Crippen molar-refractivity contribution in [1.29, 1.82) is 0 Å². The van der Waals surface area contributed by atoms with Crippen LogP contribution >= 0.6 is 0 Å². The molecule has 0 spiro atoms. The summed E-state index contributed by atoms with van der Waals surface area (Å²) in [6, 6.07) is 28.2. The van der Waals surface area contributed by atoms with Crippen LogP contribution in [0.25, 0.3) is 22.2 Å². The summed E-state index contributed by atoms with van der Waals surface area (Å²) in [4.78, 5) is 26.4. The minimum absolute atomic E-state index is 0.0784. The number of piperazine rings is 1. The molecule has 3 N–H and O–H groups in total. The topological polar surface area (TPSA) is 77.7 Å². The number of hydrogen-bond donors (Lipinski definition) is 2. The molecule has 1 aromatic heterocycles. The number of fused-ring (bicyclic) bond motifs is 1. The fraction of sp³-hybridized carbons (Fsp3) is 0.314. The van der Waals surface area contributed by atoms with E-state index in [1.54, 1.807) is 6.20 Å². The molecule has 1 saturated heterocycles. The lowest BCUT2D eigenvalue weighted by atomic mass is 9.95. The fourth-order valence-corrected chi connectivity index (χ4v) is 5.88. The van der Waals surface area contributed by atoms with Gasteiger partial charge in [-0.15, -0.1) is 0 Å². The van der Waals surface area contributed by atoms with Crippen LogP contribution in [0.1, 0.15) is 47.8 Å². The van der Waals surface area contributed by atoms with Crippen LogP contribution in [-0.4, -0.2) is 65.4 Å². The van der Waals surface area contributed by atoms with Crippen molar-refractivity contribution >= 4 is 16.8 Å². The third kappa shape index (κ3) is 6.42. The molecule has 0 radical (unpaired) electrons. The van der Waals surface area contributed by atoms with Crippen LogP contribution < -0.4 is 11.1 Å². The van der Waals surface area contributed by atoms with Crippen LogP contribution in [0.15, 0.2) is 97.0 Å². The Morgan fingerprint density at radius 3 is 2.29 bits per heavy atom. The minimum Gasteiger partial charge on any atom is -0.402 e. The molecule has 4 aromatic rings. The number of nitrogens with two attached hydrogens (primary N) is 1. The number of hydrogen-bond acceptors (Lipinski definition) is 6. The van der Waals surface area contributed by atoms with Crippen LogP contribution in [0.4, 0.5) is 0 Å². The number of nitrogens with zero attached hydrogens (tertiary/aromatic N) is 4. The van der Waals surface area contributed by atoms with Gasteiger partial charge in [0.1, 0.15) is 5.82 Å². The number of benzene rings is 3. The summed E-state index contributed by atoms with van der Waals surface area (Å²) in [6.45, 7) is 9.26. The van der Waals surface area contributed by atoms with E-state index < -0.39 is 0 Å². The Kier molecular flexibility index (Phi) is 9.39. The first-order chi connectivity index (χ1) is 20.5. The number of carbonyl (C=O) groups excluding carboxylic acids is 1. The van der Waals surface area contributed by atoms with Crippen molar-refractivity contribution in [3.05, 3.63) is 114 Å². The van der Waals surface area contributed by atoms with E-state index in [1.807, 2.05) is 79.7 Å². The summed E-state index contributed by atoms with van der Waals surface area (Å²) in [5, 5.41) is 4.17. The van der Waals surface area contributed by atoms with Gasteiger partial charge in [-0.25, -0.2) is 4.98 Å². The predicted molar refractivity (Wildman–Crippen MR) is 172 cm³/mol. The maximum absolute atomic E-state index is 14.2. The molecule has 218 valence electrons. The second-order valence-electron chi connectivity index (χ2n) is 11.0. The van der Waals surface area contributed by atoms with Crippen LogP contribution in [0.2, 0.25) is 0 Å². The lowest BCUT2D eigenvalue weighted by Gasteiger charge is -2.40. The second kappa shape index (κ2) is 13.5. The van der Waals surface area contributed by atoms with Crippen molar-refractivity contribution in [1.82, 2.24) is 25.0 Å². The van der Waals surface area contributed by atoms with E-state index in [0.29, 0.717) is 12.1 Å². The highest BCUT2D eigenvalue weighted by atomic mass is 16.1. The monoisotopic (exact) mass is 562 g/mol. The van der Waals surface area contributed by atoms with E-state index in [9.17, 15) is 4.79 Å². The molecule has 0 saturated carbocycles. The summed E-state index contributed by atoms with van der Waals surface area (Å²) in [6.07, 6.45) is 2.79. The molecule has 0 aliphatic carbocycles. The lowest BCUT2D eigenvalue weighted by Crippen LogP contribution is -2.48. The highest BCUT2D eigenvalue weighted by Crippen LogP contribution is 2.32. The van der Waals surface area contributed by atoms with Crippen molar-refractivity contribution < 1.29 is 4.79 Å². The summed E-state index contributed by atoms with van der Waals surface area (Å²) in [5.74, 6) is 0.995. The number of carbonyl (C=O) groups is 1. The first-order valence-electron chi connectivity index (χ1n) is 14.9. The van der Waals surface area contributed by atoms with Gasteiger partial charge in [0, 0.05) is 69.0 Å². The number of rotatable bonds is 10. The Balaban J connectivity index is 1.51. The normalized spacial score (nSPS) is 15.0. The predicted octanol–water partition coefficient (Wildman–Crippen LogP) is 5.61. The quantitative estimate of drug-likeness (QED) is 0.262. The molecule has 1 fully saturated rings. The van der Waals surface area contributed by atoms with Crippen molar-refractivity contribution in [3.8, 4) is 11.3 Å². The van der Waals surface area contributed by atoms with Gasteiger partial charge in [0.15, 0.2) is 0 Å². The minimum atomic E-state index is -0.135. The Morgan fingerprint density at radius 2 is 1.62 bits per heavy atom. The molecule has 7 nitrogen and oxygen atoms in total. The smallest absolute Gasteiger partial charge is 0.252 e. The fourth-order valence-electron chi connectivity index (χ4n) is 5.88. The van der Waals surface area contributed by atoms with Gasteiger partial charge < -0.3 is 20.9 Å². The summed E-state index contributed by atoms with van der Waals surface area (Å²) < 4.78 is 0. The van der Waals surface area contributed by atoms with Crippen molar-refractivity contribution in [2.45, 2.75) is 32.9 Å². The van der Waals surface area contributed by atoms with Gasteiger partial charge in [0.2, 0.25) is 0 Å². The molecule has 1 amide bonds. The highest BCUT2D eigenvalue weighted by Gasteiger charge is 2.27. The van der Waals surface area contributed by atoms with Crippen molar-refractivity contribution in [2.75, 3.05) is 39.8 Å². The average molecular weight is 563 g/mol. The zero-order chi connectivity index (χ0) is 29.5. The molecule has 42 heavy (non-hydrogen) atoms. The van der Waals surface area contributed by atoms with Gasteiger partial charge in [0.25, 0.3) is 5.91 Å². The van der Waals surface area contributed by atoms with Crippen LogP contribution in [-0.2, 0) is 6.54 Å². The molecule has 1 aliphatic rings. The van der Waals surface area contributed by atoms with Crippen LogP contribution in [0, 0.1) is 0 Å². The van der Waals surface area contributed by atoms with Crippen molar-refractivity contribution in [2.24, 2.45) is 5.73 Å². The maximum atomic E-state index is 14.2. The SMILES string of the molecule is CCCN(C)/C(=C\N)N1CCN(Cc2c(-c3ccccc3)nc3ccccc3c2C(=O)N[C@@H](C)c2ccccc2)CC1. The Labute approximate surface area is 249 Å². The molecule has 7 heteroatoms. The highest BCUT2D eigenvalue weighted by molar-refractivity contribution is 6.09. The Hall–Kier alpha value is -4.36. The molecule has 0 unspecified atom stereocenters. The Bertz CT molecular complexity index is 1510. The third-order valence-corrected chi connectivity index (χ3v) is 8.09. The lowest BCUT2D eigenvalue weighted by molar-refractivity contribution is 0.0936. The molecule has 5 rings (SSSR count). The van der Waals surface area contributed by atoms with Gasteiger partial charge in [0.05, 0.1) is 22.8 Å². The van der Waals surface area contributed by atoms with E-state index in [2.05, 4.69) is 46.1 Å². The number of amides is 1. The zero-order valence-electron chi connectivity index (χ0n) is 25.0. The van der Waals surface area contributed by atoms with E-state index in [4.69, 9.17) is 10.7 Å². The van der Waals surface area contributed by atoms with E-state index >= 15 is 0 Å². The van der Waals surface area contributed by atoms with Gasteiger partial charge >= 0.3 is 0 Å². The van der Waals surface area contributed by atoms with Gasteiger partial charge in [-0.05, 0) is 25.0 Å². The molecule has 2 heterocycles. The standard InChI is InChI=1S/C35H42N6O/c1-4-19-39(3)32(24-36)41-22-20-40(21-23-41)25-30-33(35(42)37-26(2)27-13-7-5-8-14-27)29-17-11-12-18-31(29)38-34(30)28-15-9-6-10-16-28/h5-18,24,26H,4,19-23,25,36H2,1-3H3,(H,37,42)/b32-24+/t26-/m0/s1. The first-order valence-corrected chi connectivity index (χ1v) is 14.9. The number of para-hydroxylation sites is 1. The summed E-state index contributed by atoms with van der Waals surface area (Å²) >= 11 is 0. The third-order valence-electron chi connectivity index (χ3n) is 8.09. The van der Waals surface area contributed by atoms with Crippen molar-refractivity contribution in [3.63, 3.8) is 0 Å². The molecule has 1 aliphatic heterocycles. The first kappa shape index (κ1) is 29.1. The van der Waals surface area contributed by atoms with Gasteiger partial charge in [-0.1, -0.05) is 85.8 Å². The maximum Gasteiger partial charge on any atom is 0.252 e. The van der Waals surface area contributed by atoms with Gasteiger partial charge in [-0.3, -0.25) is 9.69 Å². The van der Waals surface area contributed by atoms with E-state index in [0.717, 1.165) is 78.3 Å². The number of nitrogens with one attached hydrogen (secondary N) is 1. The van der Waals surface area contributed by atoms with Crippen LogP contribution in [0.5, 0.6) is 0 Å². The molecule has 1 atom stereocenters. The van der Waals surface area contributed by atoms with E-state index in [-0.39, 0.29) is 11.9 Å². The molecular formula is C35H42N6O. The zero-order valence-corrected chi connectivity index (χ0v) is 25.0. The number of aromatic nitrogens is 1. The van der Waals surface area contributed by atoms with Gasteiger partial charge in [-0.2, -0.15) is 0 Å². The number of pyridine rings is 1. The van der Waals surface area contributed by atoms with E-state index in [1.165, 1.54) is 0 Å². The Morgan fingerprint density at radius 1 is 0.976 bits per heavy atom. The largest absolute Gasteiger partial charge is 0.402 e. The molecule has 3 aromatic carbocycles.